The molecule has 3 rings (SSSR count). The van der Waals surface area contributed by atoms with Crippen molar-refractivity contribution in [3.8, 4) is 11.4 Å². The van der Waals surface area contributed by atoms with Crippen LogP contribution in [-0.2, 0) is 22.7 Å². The maximum absolute atomic E-state index is 13.1. The second-order valence-corrected chi connectivity index (χ2v) is 6.25. The first-order chi connectivity index (χ1) is 13.8. The Kier molecular flexibility index (Phi) is 7.88. The molecule has 0 amide bonds. The Labute approximate surface area is 171 Å². The molecule has 29 heavy (non-hydrogen) atoms. The summed E-state index contributed by atoms with van der Waals surface area (Å²) in [6.07, 6.45) is 0. The summed E-state index contributed by atoms with van der Waals surface area (Å²) in [6, 6.07) is 16.3. The highest BCUT2D eigenvalue weighted by Crippen LogP contribution is 2.27. The SMILES string of the molecule is CNCc1nc(-c2ccccc2)n(Cc2ccc(F)cc2)c1Cl.O=C(O)C(=O)O. The van der Waals surface area contributed by atoms with Crippen LogP contribution in [0.2, 0.25) is 5.15 Å². The molecule has 0 aliphatic rings. The van der Waals surface area contributed by atoms with Crippen LogP contribution in [0.5, 0.6) is 0 Å². The summed E-state index contributed by atoms with van der Waals surface area (Å²) in [5.41, 5.74) is 2.77. The molecular weight excluding hydrogens is 401 g/mol. The van der Waals surface area contributed by atoms with E-state index < -0.39 is 11.9 Å². The second kappa shape index (κ2) is 10.4. The number of nitrogens with zero attached hydrogens (tertiary/aromatic N) is 2. The van der Waals surface area contributed by atoms with Gasteiger partial charge < -0.3 is 20.1 Å². The third kappa shape index (κ3) is 6.13. The van der Waals surface area contributed by atoms with Gasteiger partial charge in [0.05, 0.1) is 12.2 Å². The molecule has 0 saturated carbocycles. The number of carboxylic acids is 2. The number of hydrogen-bond donors (Lipinski definition) is 3. The zero-order valence-electron chi connectivity index (χ0n) is 15.5. The number of nitrogens with one attached hydrogen (secondary N) is 1. The molecule has 0 atom stereocenters. The Hall–Kier alpha value is -3.23. The topological polar surface area (TPSA) is 104 Å². The third-order valence-electron chi connectivity index (χ3n) is 3.78. The molecule has 0 aliphatic heterocycles. The molecule has 9 heteroatoms. The van der Waals surface area contributed by atoms with Crippen molar-refractivity contribution in [2.45, 2.75) is 13.1 Å². The fourth-order valence-corrected chi connectivity index (χ4v) is 2.74. The smallest absolute Gasteiger partial charge is 0.414 e. The molecule has 0 unspecified atom stereocenters. The zero-order chi connectivity index (χ0) is 21.4. The largest absolute Gasteiger partial charge is 0.473 e. The first-order valence-electron chi connectivity index (χ1n) is 8.49. The monoisotopic (exact) mass is 419 g/mol. The predicted molar refractivity (Wildman–Crippen MR) is 106 cm³/mol. The maximum atomic E-state index is 13.1. The van der Waals surface area contributed by atoms with Crippen molar-refractivity contribution in [2.24, 2.45) is 0 Å². The number of imidazole rings is 1. The van der Waals surface area contributed by atoms with Crippen LogP contribution >= 0.6 is 11.6 Å². The summed E-state index contributed by atoms with van der Waals surface area (Å²) < 4.78 is 15.1. The van der Waals surface area contributed by atoms with E-state index in [1.807, 2.05) is 41.9 Å². The molecule has 0 saturated heterocycles. The van der Waals surface area contributed by atoms with Gasteiger partial charge in [-0.3, -0.25) is 0 Å². The zero-order valence-corrected chi connectivity index (χ0v) is 16.2. The highest BCUT2D eigenvalue weighted by molar-refractivity contribution is 6.30. The van der Waals surface area contributed by atoms with Gasteiger partial charge in [0.25, 0.3) is 0 Å². The number of halogens is 2. The van der Waals surface area contributed by atoms with Gasteiger partial charge in [-0.1, -0.05) is 54.1 Å². The number of aromatic nitrogens is 2. The minimum absolute atomic E-state index is 0.246. The van der Waals surface area contributed by atoms with Crippen molar-refractivity contribution < 1.29 is 24.2 Å². The lowest BCUT2D eigenvalue weighted by atomic mass is 10.2. The van der Waals surface area contributed by atoms with Crippen molar-refractivity contribution in [2.75, 3.05) is 7.05 Å². The van der Waals surface area contributed by atoms with Crippen LogP contribution in [0.25, 0.3) is 11.4 Å². The molecule has 152 valence electrons. The number of carbonyl (C=O) groups is 2. The molecular formula is C20H19ClFN3O4. The van der Waals surface area contributed by atoms with E-state index in [1.54, 1.807) is 12.1 Å². The molecule has 1 heterocycles. The molecule has 0 spiro atoms. The Morgan fingerprint density at radius 3 is 2.17 bits per heavy atom. The molecule has 0 fully saturated rings. The van der Waals surface area contributed by atoms with Crippen LogP contribution in [0.15, 0.2) is 54.6 Å². The van der Waals surface area contributed by atoms with Crippen molar-refractivity contribution >= 4 is 23.5 Å². The first kappa shape index (κ1) is 22.1. The average molecular weight is 420 g/mol. The minimum Gasteiger partial charge on any atom is -0.473 e. The van der Waals surface area contributed by atoms with Gasteiger partial charge in [-0.05, 0) is 24.7 Å². The van der Waals surface area contributed by atoms with E-state index in [4.69, 9.17) is 31.4 Å². The molecule has 3 N–H and O–H groups in total. The predicted octanol–water partition coefficient (Wildman–Crippen LogP) is 3.27. The Balaban J connectivity index is 0.000000438. The fourth-order valence-electron chi connectivity index (χ4n) is 2.49. The summed E-state index contributed by atoms with van der Waals surface area (Å²) >= 11 is 6.53. The van der Waals surface area contributed by atoms with Crippen LogP contribution in [-0.4, -0.2) is 38.8 Å². The number of carboxylic acid groups (broad SMARTS) is 2. The normalized spacial score (nSPS) is 10.2. The average Bonchev–Trinajstić information content (AvgIpc) is 3.01. The number of benzene rings is 2. The quantitative estimate of drug-likeness (QED) is 0.548. The van der Waals surface area contributed by atoms with Gasteiger partial charge >= 0.3 is 11.9 Å². The van der Waals surface area contributed by atoms with E-state index in [0.717, 1.165) is 22.6 Å². The summed E-state index contributed by atoms with van der Waals surface area (Å²) in [5.74, 6) is -3.08. The Morgan fingerprint density at radius 1 is 1.07 bits per heavy atom. The number of rotatable bonds is 5. The number of aliphatic carboxylic acids is 2. The van der Waals surface area contributed by atoms with Gasteiger partial charge in [0.1, 0.15) is 16.8 Å². The Morgan fingerprint density at radius 2 is 1.66 bits per heavy atom. The van der Waals surface area contributed by atoms with Gasteiger partial charge in [-0.15, -0.1) is 0 Å². The summed E-state index contributed by atoms with van der Waals surface area (Å²) in [7, 11) is 1.86. The molecule has 7 nitrogen and oxygen atoms in total. The lowest BCUT2D eigenvalue weighted by Gasteiger charge is -2.09. The lowest BCUT2D eigenvalue weighted by molar-refractivity contribution is -0.159. The van der Waals surface area contributed by atoms with E-state index in [0.29, 0.717) is 18.2 Å². The van der Waals surface area contributed by atoms with E-state index in [-0.39, 0.29) is 5.82 Å². The molecule has 2 aromatic carbocycles. The lowest BCUT2D eigenvalue weighted by Crippen LogP contribution is -2.09. The van der Waals surface area contributed by atoms with E-state index in [2.05, 4.69) is 10.3 Å². The van der Waals surface area contributed by atoms with Crippen molar-refractivity contribution in [3.05, 3.63) is 76.8 Å². The van der Waals surface area contributed by atoms with Crippen molar-refractivity contribution in [3.63, 3.8) is 0 Å². The number of hydrogen-bond acceptors (Lipinski definition) is 4. The minimum atomic E-state index is -1.82. The highest BCUT2D eigenvalue weighted by Gasteiger charge is 2.16. The first-order valence-corrected chi connectivity index (χ1v) is 8.86. The van der Waals surface area contributed by atoms with E-state index in [1.165, 1.54) is 12.1 Å². The molecule has 3 aromatic rings. The van der Waals surface area contributed by atoms with Gasteiger partial charge in [0.2, 0.25) is 0 Å². The van der Waals surface area contributed by atoms with Gasteiger partial charge in [-0.2, -0.15) is 0 Å². The van der Waals surface area contributed by atoms with Gasteiger partial charge in [0, 0.05) is 12.1 Å². The molecule has 0 aliphatic carbocycles. The van der Waals surface area contributed by atoms with Crippen LogP contribution < -0.4 is 5.32 Å². The fraction of sp³-hybridized carbons (Fsp3) is 0.150. The summed E-state index contributed by atoms with van der Waals surface area (Å²) in [4.78, 5) is 22.9. The standard InChI is InChI=1S/C18H17ClFN3.C2H2O4/c1-21-11-16-17(19)23(12-13-7-9-15(20)10-8-13)18(22-16)14-5-3-2-4-6-14;3-1(4)2(5)6/h2-10,21H,11-12H2,1H3;(H,3,4)(H,5,6). The van der Waals surface area contributed by atoms with Crippen molar-refractivity contribution in [1.29, 1.82) is 0 Å². The van der Waals surface area contributed by atoms with Gasteiger partial charge in [0.15, 0.2) is 0 Å². The van der Waals surface area contributed by atoms with Crippen LogP contribution in [0.4, 0.5) is 4.39 Å². The Bertz CT molecular complexity index is 963. The molecule has 0 radical (unpaired) electrons. The van der Waals surface area contributed by atoms with Crippen LogP contribution in [0, 0.1) is 5.82 Å². The van der Waals surface area contributed by atoms with Crippen LogP contribution in [0.1, 0.15) is 11.3 Å². The highest BCUT2D eigenvalue weighted by atomic mass is 35.5. The van der Waals surface area contributed by atoms with E-state index >= 15 is 0 Å². The summed E-state index contributed by atoms with van der Waals surface area (Å²) in [5, 5.41) is 18.5. The van der Waals surface area contributed by atoms with E-state index in [9.17, 15) is 4.39 Å². The molecule has 0 bridgehead atoms. The van der Waals surface area contributed by atoms with Crippen LogP contribution in [0.3, 0.4) is 0 Å². The second-order valence-electron chi connectivity index (χ2n) is 5.89. The van der Waals surface area contributed by atoms with Crippen molar-refractivity contribution in [1.82, 2.24) is 14.9 Å². The maximum Gasteiger partial charge on any atom is 0.414 e. The summed E-state index contributed by atoms with van der Waals surface area (Å²) in [6.45, 7) is 1.13. The van der Waals surface area contributed by atoms with Gasteiger partial charge in [-0.25, -0.2) is 19.0 Å². The molecule has 1 aromatic heterocycles. The third-order valence-corrected chi connectivity index (χ3v) is 4.21.